The molecule has 2 aliphatic rings. The maximum Gasteiger partial charge on any atom is 0.230 e. The van der Waals surface area contributed by atoms with Gasteiger partial charge in [0.15, 0.2) is 0 Å². The topological polar surface area (TPSA) is 70.5 Å². The molecule has 2 aromatic rings. The Labute approximate surface area is 158 Å². The Bertz CT molecular complexity index is 838. The lowest BCUT2D eigenvalue weighted by molar-refractivity contribution is -0.127. The van der Waals surface area contributed by atoms with Gasteiger partial charge < -0.3 is 15.1 Å². The number of aryl methyl sites for hydroxylation is 1. The lowest BCUT2D eigenvalue weighted by Gasteiger charge is -2.23. The van der Waals surface area contributed by atoms with E-state index in [0.717, 1.165) is 24.3 Å². The Balaban J connectivity index is 1.48. The summed E-state index contributed by atoms with van der Waals surface area (Å²) in [5.41, 5.74) is 2.83. The number of amides is 2. The molecule has 2 fully saturated rings. The number of benzene rings is 1. The highest BCUT2D eigenvalue weighted by molar-refractivity contribution is 5.98. The highest BCUT2D eigenvalue weighted by Gasteiger charge is 2.43. The fourth-order valence-electron chi connectivity index (χ4n) is 4.12. The lowest BCUT2D eigenvalue weighted by Crippen LogP contribution is -2.29. The van der Waals surface area contributed by atoms with Crippen LogP contribution in [0.5, 0.6) is 0 Å². The van der Waals surface area contributed by atoms with E-state index in [2.05, 4.69) is 15.3 Å². The minimum Gasteiger partial charge on any atom is -0.372 e. The van der Waals surface area contributed by atoms with Crippen molar-refractivity contribution in [3.8, 4) is 0 Å². The number of aromatic nitrogens is 2. The summed E-state index contributed by atoms with van der Waals surface area (Å²) in [4.78, 5) is 29.2. The van der Waals surface area contributed by atoms with Crippen molar-refractivity contribution in [1.82, 2.24) is 14.7 Å². The van der Waals surface area contributed by atoms with Crippen LogP contribution in [0.2, 0.25) is 0 Å². The second kappa shape index (κ2) is 7.06. The summed E-state index contributed by atoms with van der Waals surface area (Å²) in [6.45, 7) is 2.18. The molecule has 2 saturated heterocycles. The zero-order chi connectivity index (χ0) is 19.0. The first kappa shape index (κ1) is 17.6. The molecule has 7 heteroatoms. The van der Waals surface area contributed by atoms with Gasteiger partial charge in [-0.25, -0.2) is 0 Å². The molecule has 0 radical (unpaired) electrons. The van der Waals surface area contributed by atoms with Crippen molar-refractivity contribution < 1.29 is 9.59 Å². The van der Waals surface area contributed by atoms with Gasteiger partial charge in [-0.2, -0.15) is 5.10 Å². The number of carbonyl (C=O) groups excluding carboxylic acids is 2. The van der Waals surface area contributed by atoms with E-state index in [4.69, 9.17) is 0 Å². The maximum absolute atomic E-state index is 12.9. The average Bonchev–Trinajstić information content (AvgIpc) is 3.38. The maximum atomic E-state index is 12.9. The molecule has 1 aromatic carbocycles. The third-order valence-corrected chi connectivity index (χ3v) is 5.60. The number of likely N-dealkylation sites (tertiary alicyclic amines) is 1. The second-order valence-corrected chi connectivity index (χ2v) is 7.44. The average molecular weight is 367 g/mol. The SMILES string of the molecule is CN1C(=O)CC(C(=O)Nc2ccc(N3CCCC3)cc2)C1c1cnn(C)c1. The summed E-state index contributed by atoms with van der Waals surface area (Å²) in [6, 6.07) is 7.68. The molecule has 1 aromatic heterocycles. The third-order valence-electron chi connectivity index (χ3n) is 5.60. The Morgan fingerprint density at radius 2 is 1.85 bits per heavy atom. The van der Waals surface area contributed by atoms with Crippen molar-refractivity contribution in [2.45, 2.75) is 25.3 Å². The molecule has 4 rings (SSSR count). The van der Waals surface area contributed by atoms with Gasteiger partial charge in [0, 0.05) is 56.7 Å². The summed E-state index contributed by atoms with van der Waals surface area (Å²) in [5, 5.41) is 7.17. The van der Waals surface area contributed by atoms with Gasteiger partial charge in [0.05, 0.1) is 18.2 Å². The predicted octanol–water partition coefficient (Wildman–Crippen LogP) is 2.18. The van der Waals surface area contributed by atoms with Crippen LogP contribution in [0, 0.1) is 5.92 Å². The van der Waals surface area contributed by atoms with E-state index in [1.54, 1.807) is 22.8 Å². The van der Waals surface area contributed by atoms with Crippen LogP contribution in [0.15, 0.2) is 36.7 Å². The first-order chi connectivity index (χ1) is 13.0. The number of carbonyl (C=O) groups is 2. The highest BCUT2D eigenvalue weighted by Crippen LogP contribution is 2.37. The van der Waals surface area contributed by atoms with Crippen molar-refractivity contribution in [2.75, 3.05) is 30.4 Å². The molecule has 2 amide bonds. The van der Waals surface area contributed by atoms with Gasteiger partial charge >= 0.3 is 0 Å². The normalized spacial score (nSPS) is 22.5. The van der Waals surface area contributed by atoms with E-state index in [-0.39, 0.29) is 24.3 Å². The molecule has 27 heavy (non-hydrogen) atoms. The number of hydrogen-bond acceptors (Lipinski definition) is 4. The number of rotatable bonds is 4. The molecular weight excluding hydrogens is 342 g/mol. The van der Waals surface area contributed by atoms with Crippen molar-refractivity contribution in [1.29, 1.82) is 0 Å². The Morgan fingerprint density at radius 3 is 2.48 bits per heavy atom. The van der Waals surface area contributed by atoms with Crippen molar-refractivity contribution >= 4 is 23.2 Å². The summed E-state index contributed by atoms with van der Waals surface area (Å²) in [7, 11) is 3.58. The Kier molecular flexibility index (Phi) is 4.59. The zero-order valence-corrected chi connectivity index (χ0v) is 15.8. The smallest absolute Gasteiger partial charge is 0.230 e. The third kappa shape index (κ3) is 3.41. The minimum atomic E-state index is -0.426. The molecule has 2 aliphatic heterocycles. The summed E-state index contributed by atoms with van der Waals surface area (Å²) < 4.78 is 1.69. The summed E-state index contributed by atoms with van der Waals surface area (Å²) in [5.74, 6) is -0.575. The largest absolute Gasteiger partial charge is 0.372 e. The first-order valence-electron chi connectivity index (χ1n) is 9.43. The molecule has 7 nitrogen and oxygen atoms in total. The fourth-order valence-corrected chi connectivity index (χ4v) is 4.12. The van der Waals surface area contributed by atoms with E-state index < -0.39 is 5.92 Å². The number of hydrogen-bond donors (Lipinski definition) is 1. The van der Waals surface area contributed by atoms with Gasteiger partial charge in [-0.3, -0.25) is 14.3 Å². The van der Waals surface area contributed by atoms with E-state index in [9.17, 15) is 9.59 Å². The summed E-state index contributed by atoms with van der Waals surface area (Å²) in [6.07, 6.45) is 6.28. The summed E-state index contributed by atoms with van der Waals surface area (Å²) >= 11 is 0. The van der Waals surface area contributed by atoms with E-state index in [1.807, 2.05) is 37.5 Å². The molecule has 2 atom stereocenters. The molecule has 0 aliphatic carbocycles. The molecule has 1 N–H and O–H groups in total. The number of anilines is 2. The van der Waals surface area contributed by atoms with Gasteiger partial charge in [0.2, 0.25) is 11.8 Å². The van der Waals surface area contributed by atoms with Crippen LogP contribution in [-0.2, 0) is 16.6 Å². The number of nitrogens with zero attached hydrogens (tertiary/aromatic N) is 4. The molecule has 2 unspecified atom stereocenters. The fraction of sp³-hybridized carbons (Fsp3) is 0.450. The Hall–Kier alpha value is -2.83. The van der Waals surface area contributed by atoms with E-state index >= 15 is 0 Å². The molecule has 0 saturated carbocycles. The van der Waals surface area contributed by atoms with Crippen LogP contribution >= 0.6 is 0 Å². The molecule has 142 valence electrons. The molecule has 3 heterocycles. The van der Waals surface area contributed by atoms with E-state index in [1.165, 1.54) is 18.5 Å². The molecule has 0 spiro atoms. The zero-order valence-electron chi connectivity index (χ0n) is 15.8. The Morgan fingerprint density at radius 1 is 1.15 bits per heavy atom. The van der Waals surface area contributed by atoms with Crippen LogP contribution < -0.4 is 10.2 Å². The van der Waals surface area contributed by atoms with Gasteiger partial charge in [-0.1, -0.05) is 0 Å². The predicted molar refractivity (Wildman–Crippen MR) is 103 cm³/mol. The van der Waals surface area contributed by atoms with Crippen LogP contribution in [0.4, 0.5) is 11.4 Å². The van der Waals surface area contributed by atoms with Crippen molar-refractivity contribution in [2.24, 2.45) is 13.0 Å². The second-order valence-electron chi connectivity index (χ2n) is 7.44. The monoisotopic (exact) mass is 367 g/mol. The van der Waals surface area contributed by atoms with Gasteiger partial charge in [0.25, 0.3) is 0 Å². The van der Waals surface area contributed by atoms with Crippen LogP contribution in [0.3, 0.4) is 0 Å². The highest BCUT2D eigenvalue weighted by atomic mass is 16.2. The lowest BCUT2D eigenvalue weighted by atomic mass is 9.95. The van der Waals surface area contributed by atoms with Crippen LogP contribution in [0.25, 0.3) is 0 Å². The van der Waals surface area contributed by atoms with Gasteiger partial charge in [0.1, 0.15) is 0 Å². The quantitative estimate of drug-likeness (QED) is 0.899. The minimum absolute atomic E-state index is 0.0200. The standard InChI is InChI=1S/C20H25N5O2/c1-23-13-14(12-21-23)19-17(11-18(26)24(19)2)20(27)22-15-5-7-16(8-6-15)25-9-3-4-10-25/h5-8,12-13,17,19H,3-4,9-11H2,1-2H3,(H,22,27). The first-order valence-corrected chi connectivity index (χ1v) is 9.43. The van der Waals surface area contributed by atoms with Crippen molar-refractivity contribution in [3.63, 3.8) is 0 Å². The van der Waals surface area contributed by atoms with E-state index in [0.29, 0.717) is 0 Å². The van der Waals surface area contributed by atoms with Gasteiger partial charge in [-0.15, -0.1) is 0 Å². The molecular formula is C20H25N5O2. The van der Waals surface area contributed by atoms with Crippen molar-refractivity contribution in [3.05, 3.63) is 42.2 Å². The van der Waals surface area contributed by atoms with Crippen LogP contribution in [-0.4, -0.2) is 46.6 Å². The van der Waals surface area contributed by atoms with Gasteiger partial charge in [-0.05, 0) is 37.1 Å². The van der Waals surface area contributed by atoms with Crippen LogP contribution in [0.1, 0.15) is 30.9 Å². The number of nitrogens with one attached hydrogen (secondary N) is 1. The molecule has 0 bridgehead atoms.